The number of thioether (sulfide) groups is 1. The van der Waals surface area contributed by atoms with Gasteiger partial charge in [0.05, 0.1) is 0 Å². The van der Waals surface area contributed by atoms with E-state index < -0.39 is 17.5 Å². The topological polar surface area (TPSA) is 78.4 Å². The van der Waals surface area contributed by atoms with Crippen molar-refractivity contribution in [3.63, 3.8) is 0 Å². The van der Waals surface area contributed by atoms with Crippen molar-refractivity contribution in [1.29, 1.82) is 0 Å². The Bertz CT molecular complexity index is 256. The van der Waals surface area contributed by atoms with Crippen molar-refractivity contribution in [2.24, 2.45) is 0 Å². The third-order valence-corrected chi connectivity index (χ3v) is 3.05. The molecule has 5 nitrogen and oxygen atoms in total. The van der Waals surface area contributed by atoms with Crippen LogP contribution in [0, 0.1) is 0 Å². The molecule has 16 heavy (non-hydrogen) atoms. The van der Waals surface area contributed by atoms with E-state index in [1.807, 2.05) is 13.8 Å². The first-order chi connectivity index (χ1) is 7.29. The van der Waals surface area contributed by atoms with Gasteiger partial charge in [0.1, 0.15) is 5.54 Å². The number of hydrogen-bond donors (Lipinski definition) is 3. The largest absolute Gasteiger partial charge is 0.480 e. The van der Waals surface area contributed by atoms with Crippen molar-refractivity contribution in [2.75, 3.05) is 11.5 Å². The molecule has 6 heteroatoms. The van der Waals surface area contributed by atoms with Gasteiger partial charge in [-0.25, -0.2) is 9.59 Å². The maximum Gasteiger partial charge on any atom is 0.328 e. The SMILES string of the molecule is CCSCC(C)NC(=O)NC(C)(C)C(=O)O. The first-order valence-corrected chi connectivity index (χ1v) is 6.35. The van der Waals surface area contributed by atoms with Crippen LogP contribution < -0.4 is 10.6 Å². The lowest BCUT2D eigenvalue weighted by Gasteiger charge is -2.23. The highest BCUT2D eigenvalue weighted by Crippen LogP contribution is 2.03. The first-order valence-electron chi connectivity index (χ1n) is 5.19. The van der Waals surface area contributed by atoms with E-state index in [9.17, 15) is 9.59 Å². The van der Waals surface area contributed by atoms with Crippen LogP contribution in [0.4, 0.5) is 4.79 Å². The smallest absolute Gasteiger partial charge is 0.328 e. The Morgan fingerprint density at radius 2 is 2.00 bits per heavy atom. The van der Waals surface area contributed by atoms with Gasteiger partial charge in [0.15, 0.2) is 0 Å². The summed E-state index contributed by atoms with van der Waals surface area (Å²) in [6.07, 6.45) is 0. The zero-order chi connectivity index (χ0) is 12.8. The van der Waals surface area contributed by atoms with Gasteiger partial charge < -0.3 is 15.7 Å². The number of hydrogen-bond acceptors (Lipinski definition) is 3. The monoisotopic (exact) mass is 248 g/mol. The highest BCUT2D eigenvalue weighted by Gasteiger charge is 2.29. The van der Waals surface area contributed by atoms with Gasteiger partial charge in [-0.15, -0.1) is 0 Å². The number of urea groups is 1. The van der Waals surface area contributed by atoms with Crippen LogP contribution in [0.2, 0.25) is 0 Å². The van der Waals surface area contributed by atoms with E-state index in [4.69, 9.17) is 5.11 Å². The summed E-state index contributed by atoms with van der Waals surface area (Å²) in [5, 5.41) is 13.9. The van der Waals surface area contributed by atoms with Crippen LogP contribution in [-0.2, 0) is 4.79 Å². The molecule has 0 saturated carbocycles. The number of aliphatic carboxylic acids is 1. The average molecular weight is 248 g/mol. The van der Waals surface area contributed by atoms with Gasteiger partial charge in [0.2, 0.25) is 0 Å². The molecular weight excluding hydrogens is 228 g/mol. The highest BCUT2D eigenvalue weighted by molar-refractivity contribution is 7.99. The molecule has 1 unspecified atom stereocenters. The van der Waals surface area contributed by atoms with Gasteiger partial charge in [-0.05, 0) is 26.5 Å². The van der Waals surface area contributed by atoms with Crippen LogP contribution in [0.3, 0.4) is 0 Å². The minimum atomic E-state index is -1.25. The Balaban J connectivity index is 4.03. The number of nitrogens with one attached hydrogen (secondary N) is 2. The van der Waals surface area contributed by atoms with Crippen molar-refractivity contribution in [3.05, 3.63) is 0 Å². The van der Waals surface area contributed by atoms with Crippen LogP contribution >= 0.6 is 11.8 Å². The molecule has 0 aliphatic carbocycles. The van der Waals surface area contributed by atoms with Crippen molar-refractivity contribution in [2.45, 2.75) is 39.3 Å². The Labute approximate surface area is 100 Å². The van der Waals surface area contributed by atoms with Crippen LogP contribution in [0.15, 0.2) is 0 Å². The first kappa shape index (κ1) is 15.1. The lowest BCUT2D eigenvalue weighted by molar-refractivity contribution is -0.142. The lowest BCUT2D eigenvalue weighted by Crippen LogP contribution is -2.54. The summed E-state index contributed by atoms with van der Waals surface area (Å²) in [6, 6.07) is -0.425. The van der Waals surface area contributed by atoms with E-state index in [2.05, 4.69) is 10.6 Å². The molecule has 0 saturated heterocycles. The predicted octanol–water partition coefficient (Wildman–Crippen LogP) is 1.29. The summed E-state index contributed by atoms with van der Waals surface area (Å²) in [6.45, 7) is 6.82. The summed E-state index contributed by atoms with van der Waals surface area (Å²) in [7, 11) is 0. The molecule has 94 valence electrons. The zero-order valence-electron chi connectivity index (χ0n) is 10.2. The molecule has 0 fully saturated rings. The summed E-state index contributed by atoms with van der Waals surface area (Å²) >= 11 is 1.72. The van der Waals surface area contributed by atoms with Crippen molar-refractivity contribution in [1.82, 2.24) is 10.6 Å². The standard InChI is InChI=1S/C10H20N2O3S/c1-5-16-6-7(2)11-9(15)12-10(3,4)8(13)14/h7H,5-6H2,1-4H3,(H,13,14)(H2,11,12,15). The predicted molar refractivity (Wildman–Crippen MR) is 65.8 cm³/mol. The molecule has 3 N–H and O–H groups in total. The molecule has 0 heterocycles. The van der Waals surface area contributed by atoms with Gasteiger partial charge in [-0.1, -0.05) is 6.92 Å². The zero-order valence-corrected chi connectivity index (χ0v) is 11.0. The van der Waals surface area contributed by atoms with E-state index in [-0.39, 0.29) is 6.04 Å². The van der Waals surface area contributed by atoms with Crippen LogP contribution in [0.5, 0.6) is 0 Å². The second-order valence-corrected chi connectivity index (χ2v) is 5.41. The van der Waals surface area contributed by atoms with Gasteiger partial charge >= 0.3 is 12.0 Å². The molecule has 0 spiro atoms. The molecule has 1 atom stereocenters. The molecule has 0 bridgehead atoms. The lowest BCUT2D eigenvalue weighted by atomic mass is 10.1. The number of carboxylic acids is 1. The number of amides is 2. The molecular formula is C10H20N2O3S. The van der Waals surface area contributed by atoms with Crippen LogP contribution in [-0.4, -0.2) is 40.2 Å². The molecule has 0 aromatic rings. The second kappa shape index (κ2) is 6.62. The van der Waals surface area contributed by atoms with Crippen LogP contribution in [0.1, 0.15) is 27.7 Å². The normalized spacial score (nSPS) is 13.0. The molecule has 0 radical (unpaired) electrons. The Morgan fingerprint density at radius 1 is 1.44 bits per heavy atom. The van der Waals surface area contributed by atoms with E-state index in [1.54, 1.807) is 11.8 Å². The van der Waals surface area contributed by atoms with E-state index in [0.29, 0.717) is 0 Å². The fourth-order valence-corrected chi connectivity index (χ4v) is 1.61. The van der Waals surface area contributed by atoms with Crippen molar-refractivity contribution >= 4 is 23.8 Å². The number of carbonyl (C=O) groups is 2. The highest BCUT2D eigenvalue weighted by atomic mass is 32.2. The summed E-state index contributed by atoms with van der Waals surface area (Å²) in [4.78, 5) is 22.2. The van der Waals surface area contributed by atoms with Crippen molar-refractivity contribution in [3.8, 4) is 0 Å². The molecule has 0 aliphatic heterocycles. The third-order valence-electron chi connectivity index (χ3n) is 1.91. The second-order valence-electron chi connectivity index (χ2n) is 4.09. The molecule has 0 aromatic heterocycles. The van der Waals surface area contributed by atoms with Gasteiger partial charge in [-0.3, -0.25) is 0 Å². The molecule has 0 aliphatic rings. The van der Waals surface area contributed by atoms with E-state index in [0.717, 1.165) is 11.5 Å². The fraction of sp³-hybridized carbons (Fsp3) is 0.800. The summed E-state index contributed by atoms with van der Waals surface area (Å²) < 4.78 is 0. The average Bonchev–Trinajstić information content (AvgIpc) is 2.13. The van der Waals surface area contributed by atoms with E-state index in [1.165, 1.54) is 13.8 Å². The minimum absolute atomic E-state index is 0.0227. The van der Waals surface area contributed by atoms with Gasteiger partial charge in [0.25, 0.3) is 0 Å². The maximum absolute atomic E-state index is 11.4. The maximum atomic E-state index is 11.4. The van der Waals surface area contributed by atoms with Crippen molar-refractivity contribution < 1.29 is 14.7 Å². The number of carboxylic acid groups (broad SMARTS) is 1. The number of rotatable bonds is 6. The molecule has 0 aromatic carbocycles. The Hall–Kier alpha value is -0.910. The van der Waals surface area contributed by atoms with Gasteiger partial charge in [-0.2, -0.15) is 11.8 Å². The third kappa shape index (κ3) is 5.85. The Morgan fingerprint density at radius 3 is 2.44 bits per heavy atom. The molecule has 2 amide bonds. The quantitative estimate of drug-likeness (QED) is 0.662. The fourth-order valence-electron chi connectivity index (χ4n) is 0.933. The number of carbonyl (C=O) groups excluding carboxylic acids is 1. The summed E-state index contributed by atoms with van der Waals surface area (Å²) in [5.41, 5.74) is -1.25. The van der Waals surface area contributed by atoms with Crippen LogP contribution in [0.25, 0.3) is 0 Å². The molecule has 0 rings (SSSR count). The summed E-state index contributed by atoms with van der Waals surface area (Å²) in [5.74, 6) is 0.754. The van der Waals surface area contributed by atoms with E-state index >= 15 is 0 Å². The Kier molecular flexibility index (Phi) is 6.25. The minimum Gasteiger partial charge on any atom is -0.480 e. The van der Waals surface area contributed by atoms with Gasteiger partial charge in [0, 0.05) is 11.8 Å².